The first-order chi connectivity index (χ1) is 11.3. The van der Waals surface area contributed by atoms with Gasteiger partial charge in [-0.25, -0.2) is 0 Å². The van der Waals surface area contributed by atoms with E-state index >= 15 is 0 Å². The van der Waals surface area contributed by atoms with Crippen molar-refractivity contribution >= 4 is 32.7 Å². The predicted octanol–water partition coefficient (Wildman–Crippen LogP) is 5.06. The average molecular weight is 369 g/mol. The van der Waals surface area contributed by atoms with E-state index in [2.05, 4.69) is 34.1 Å². The lowest BCUT2D eigenvalue weighted by atomic mass is 10.0. The largest absolute Gasteiger partial charge is 0.456 e. The zero-order valence-electron chi connectivity index (χ0n) is 12.6. The summed E-state index contributed by atoms with van der Waals surface area (Å²) in [7, 11) is 0. The van der Waals surface area contributed by atoms with Gasteiger partial charge in [0, 0.05) is 10.9 Å². The highest BCUT2D eigenvalue weighted by atomic mass is 79.9. The molecule has 0 fully saturated rings. The van der Waals surface area contributed by atoms with Crippen molar-refractivity contribution < 1.29 is 9.53 Å². The Hall–Kier alpha value is -2.13. The Morgan fingerprint density at radius 3 is 2.39 bits per heavy atom. The zero-order chi connectivity index (χ0) is 16.1. The summed E-state index contributed by atoms with van der Waals surface area (Å²) in [5.74, 6) is -0.214. The van der Waals surface area contributed by atoms with Gasteiger partial charge in [-0.3, -0.25) is 4.79 Å². The monoisotopic (exact) mass is 368 g/mol. The number of esters is 1. The maximum absolute atomic E-state index is 12.2. The molecule has 0 amide bonds. The minimum Gasteiger partial charge on any atom is -0.456 e. The number of ether oxygens (including phenoxy) is 1. The lowest BCUT2D eigenvalue weighted by molar-refractivity contribution is -0.147. The first-order valence-electron chi connectivity index (χ1n) is 7.55. The lowest BCUT2D eigenvalue weighted by Gasteiger charge is -2.18. The van der Waals surface area contributed by atoms with E-state index in [9.17, 15) is 4.79 Å². The van der Waals surface area contributed by atoms with Crippen LogP contribution in [-0.2, 0) is 16.0 Å². The maximum Gasteiger partial charge on any atom is 0.310 e. The summed E-state index contributed by atoms with van der Waals surface area (Å²) in [6, 6.07) is 23.9. The normalized spacial score (nSPS) is 12.0. The van der Waals surface area contributed by atoms with Crippen LogP contribution in [0.5, 0.6) is 0 Å². The molecule has 0 aliphatic heterocycles. The summed E-state index contributed by atoms with van der Waals surface area (Å²) in [6.45, 7) is 0. The Morgan fingerprint density at radius 2 is 1.61 bits per heavy atom. The van der Waals surface area contributed by atoms with Gasteiger partial charge in [0.2, 0.25) is 0 Å². The molecular weight excluding hydrogens is 352 g/mol. The molecule has 3 aromatic carbocycles. The van der Waals surface area contributed by atoms with Crippen molar-refractivity contribution in [2.45, 2.75) is 12.5 Å². The van der Waals surface area contributed by atoms with E-state index in [1.165, 1.54) is 0 Å². The molecule has 23 heavy (non-hydrogen) atoms. The molecule has 3 rings (SSSR count). The number of hydrogen-bond acceptors (Lipinski definition) is 2. The number of hydrogen-bond donors (Lipinski definition) is 0. The summed E-state index contributed by atoms with van der Waals surface area (Å²) >= 11 is 3.48. The van der Waals surface area contributed by atoms with Gasteiger partial charge in [0.05, 0.1) is 6.42 Å². The Balaban J connectivity index is 1.80. The molecule has 0 aliphatic carbocycles. The molecule has 2 nitrogen and oxygen atoms in total. The summed E-state index contributed by atoms with van der Waals surface area (Å²) in [6.07, 6.45) is -0.00734. The SMILES string of the molecule is O=C(Cc1ccccc1)OC(CBr)c1cccc2ccccc12. The third-order valence-electron chi connectivity index (χ3n) is 3.78. The maximum atomic E-state index is 12.2. The Labute approximate surface area is 144 Å². The van der Waals surface area contributed by atoms with Crippen LogP contribution < -0.4 is 0 Å². The second kappa shape index (κ2) is 7.42. The minimum absolute atomic E-state index is 0.214. The molecule has 1 atom stereocenters. The van der Waals surface area contributed by atoms with E-state index < -0.39 is 0 Å². The molecule has 0 heterocycles. The number of rotatable bonds is 5. The topological polar surface area (TPSA) is 26.3 Å². The quantitative estimate of drug-likeness (QED) is 0.464. The van der Waals surface area contributed by atoms with Crippen LogP contribution in [0.25, 0.3) is 10.8 Å². The summed E-state index contributed by atoms with van der Waals surface area (Å²) in [5.41, 5.74) is 1.99. The number of fused-ring (bicyclic) bond motifs is 1. The van der Waals surface area contributed by atoms with Crippen molar-refractivity contribution in [1.29, 1.82) is 0 Å². The van der Waals surface area contributed by atoms with Crippen molar-refractivity contribution in [2.75, 3.05) is 5.33 Å². The number of carbonyl (C=O) groups excluding carboxylic acids is 1. The smallest absolute Gasteiger partial charge is 0.310 e. The molecule has 1 unspecified atom stereocenters. The lowest BCUT2D eigenvalue weighted by Crippen LogP contribution is -2.15. The van der Waals surface area contributed by atoms with Gasteiger partial charge in [-0.05, 0) is 16.3 Å². The number of benzene rings is 3. The van der Waals surface area contributed by atoms with Gasteiger partial charge in [0.1, 0.15) is 6.10 Å². The Morgan fingerprint density at radius 1 is 0.913 bits per heavy atom. The fourth-order valence-electron chi connectivity index (χ4n) is 2.67. The molecule has 3 aromatic rings. The Kier molecular flexibility index (Phi) is 5.09. The molecule has 0 aromatic heterocycles. The van der Waals surface area contributed by atoms with Crippen LogP contribution in [0.3, 0.4) is 0 Å². The van der Waals surface area contributed by atoms with Crippen molar-refractivity contribution in [2.24, 2.45) is 0 Å². The fourth-order valence-corrected chi connectivity index (χ4v) is 3.15. The molecule has 0 radical (unpaired) electrons. The van der Waals surface area contributed by atoms with E-state index in [4.69, 9.17) is 4.74 Å². The summed E-state index contributed by atoms with van der Waals surface area (Å²) in [5, 5.41) is 2.84. The summed E-state index contributed by atoms with van der Waals surface area (Å²) < 4.78 is 5.71. The highest BCUT2D eigenvalue weighted by Crippen LogP contribution is 2.28. The van der Waals surface area contributed by atoms with Crippen molar-refractivity contribution in [3.63, 3.8) is 0 Å². The second-order valence-electron chi connectivity index (χ2n) is 5.36. The van der Waals surface area contributed by atoms with Gasteiger partial charge in [-0.1, -0.05) is 88.7 Å². The standard InChI is InChI=1S/C20H17BrO2/c21-14-19(23-20(22)13-15-7-2-1-3-8-15)18-12-6-10-16-9-4-5-11-17(16)18/h1-12,19H,13-14H2. The molecule has 116 valence electrons. The van der Waals surface area contributed by atoms with Crippen molar-refractivity contribution in [3.05, 3.63) is 83.9 Å². The van der Waals surface area contributed by atoms with E-state index in [0.29, 0.717) is 5.33 Å². The van der Waals surface area contributed by atoms with Crippen LogP contribution in [0.4, 0.5) is 0 Å². The number of halogens is 1. The molecule has 3 heteroatoms. The van der Waals surface area contributed by atoms with Crippen LogP contribution >= 0.6 is 15.9 Å². The van der Waals surface area contributed by atoms with Crippen LogP contribution in [0.15, 0.2) is 72.8 Å². The first-order valence-corrected chi connectivity index (χ1v) is 8.67. The van der Waals surface area contributed by atoms with Crippen LogP contribution in [0, 0.1) is 0 Å². The van der Waals surface area contributed by atoms with Crippen LogP contribution in [-0.4, -0.2) is 11.3 Å². The molecule has 0 saturated carbocycles. The first kappa shape index (κ1) is 15.8. The van der Waals surface area contributed by atoms with Gasteiger partial charge in [0.25, 0.3) is 0 Å². The fraction of sp³-hybridized carbons (Fsp3) is 0.150. The van der Waals surface area contributed by atoms with Gasteiger partial charge >= 0.3 is 5.97 Å². The van der Waals surface area contributed by atoms with E-state index in [0.717, 1.165) is 21.9 Å². The van der Waals surface area contributed by atoms with Gasteiger partial charge in [-0.15, -0.1) is 0 Å². The van der Waals surface area contributed by atoms with E-state index in [1.54, 1.807) is 0 Å². The van der Waals surface area contributed by atoms with E-state index in [1.807, 2.05) is 54.6 Å². The molecule has 0 saturated heterocycles. The number of carbonyl (C=O) groups is 1. The van der Waals surface area contributed by atoms with Gasteiger partial charge in [0.15, 0.2) is 0 Å². The molecular formula is C20H17BrO2. The van der Waals surface area contributed by atoms with Crippen molar-refractivity contribution in [1.82, 2.24) is 0 Å². The minimum atomic E-state index is -0.294. The predicted molar refractivity (Wildman–Crippen MR) is 96.7 cm³/mol. The highest BCUT2D eigenvalue weighted by Gasteiger charge is 2.18. The third kappa shape index (κ3) is 3.80. The van der Waals surface area contributed by atoms with Crippen LogP contribution in [0.2, 0.25) is 0 Å². The third-order valence-corrected chi connectivity index (χ3v) is 4.36. The van der Waals surface area contributed by atoms with Crippen molar-refractivity contribution in [3.8, 4) is 0 Å². The average Bonchev–Trinajstić information content (AvgIpc) is 2.60. The van der Waals surface area contributed by atoms with E-state index in [-0.39, 0.29) is 18.5 Å². The molecule has 0 bridgehead atoms. The Bertz CT molecular complexity index is 794. The zero-order valence-corrected chi connectivity index (χ0v) is 14.2. The molecule has 0 N–H and O–H groups in total. The summed E-state index contributed by atoms with van der Waals surface area (Å²) in [4.78, 5) is 12.2. The van der Waals surface area contributed by atoms with Crippen LogP contribution in [0.1, 0.15) is 17.2 Å². The molecule has 0 spiro atoms. The van der Waals surface area contributed by atoms with Gasteiger partial charge < -0.3 is 4.74 Å². The van der Waals surface area contributed by atoms with Gasteiger partial charge in [-0.2, -0.15) is 0 Å². The number of alkyl halides is 1. The highest BCUT2D eigenvalue weighted by molar-refractivity contribution is 9.09. The molecule has 0 aliphatic rings. The second-order valence-corrected chi connectivity index (χ2v) is 6.01.